The number of benzene rings is 3. The van der Waals surface area contributed by atoms with Crippen molar-refractivity contribution in [2.45, 2.75) is 31.3 Å². The Kier molecular flexibility index (Phi) is 7.00. The van der Waals surface area contributed by atoms with E-state index in [0.717, 1.165) is 22.3 Å². The van der Waals surface area contributed by atoms with Gasteiger partial charge in [0.25, 0.3) is 5.91 Å². The molecule has 0 bridgehead atoms. The number of carbonyl (C=O) groups is 3. The number of carboxylic acids is 1. The van der Waals surface area contributed by atoms with Crippen LogP contribution in [0.15, 0.2) is 97.8 Å². The molecule has 0 atom stereocenters. The number of likely N-dealkylation sites (tertiary alicyclic amines) is 1. The van der Waals surface area contributed by atoms with Crippen molar-refractivity contribution in [1.29, 1.82) is 0 Å². The molecule has 9 nitrogen and oxygen atoms in total. The van der Waals surface area contributed by atoms with Crippen molar-refractivity contribution >= 4 is 28.6 Å². The van der Waals surface area contributed by atoms with Gasteiger partial charge in [0.2, 0.25) is 0 Å². The average molecular weight is 599 g/mol. The predicted octanol–water partition coefficient (Wildman–Crippen LogP) is 6.15. The van der Waals surface area contributed by atoms with Gasteiger partial charge in [-0.2, -0.15) is 5.10 Å². The molecule has 3 aromatic carbocycles. The normalized spacial score (nSPS) is 15.5. The number of aromatic nitrogens is 3. The maximum atomic E-state index is 13.7. The maximum absolute atomic E-state index is 13.7. The van der Waals surface area contributed by atoms with Crippen LogP contribution in [-0.4, -0.2) is 61.1 Å². The molecule has 224 valence electrons. The van der Waals surface area contributed by atoms with Crippen LogP contribution < -0.4 is 4.74 Å². The Balaban J connectivity index is 1.08. The lowest BCUT2D eigenvalue weighted by Gasteiger charge is -2.44. The van der Waals surface area contributed by atoms with Crippen LogP contribution in [0.4, 0.5) is 0 Å². The Labute approximate surface area is 259 Å². The van der Waals surface area contributed by atoms with Crippen LogP contribution in [0.3, 0.4) is 0 Å². The summed E-state index contributed by atoms with van der Waals surface area (Å²) in [6.45, 7) is 4.81. The standard InChI is InChI=1S/C36H30N4O5/c1-2-6-30-28-19-24(9-11-31(28)40(38-30)27-7-4-3-5-8-27)34(42)39-15-13-36(14-16-39)20-32(41)29-18-23(10-12-33(29)45-36)25-17-26(35(43)44)22-37-21-25/h2-5,7-12,17-19,21-22H,1,6,13-16,20H2,(H,43,44). The van der Waals surface area contributed by atoms with Crippen LogP contribution in [-0.2, 0) is 6.42 Å². The van der Waals surface area contributed by atoms with Crippen molar-refractivity contribution in [1.82, 2.24) is 19.7 Å². The molecule has 0 saturated carbocycles. The quantitative estimate of drug-likeness (QED) is 0.233. The average Bonchev–Trinajstić information content (AvgIpc) is 3.43. The second kappa shape index (κ2) is 11.2. The highest BCUT2D eigenvalue weighted by atomic mass is 16.5. The third kappa shape index (κ3) is 5.16. The van der Waals surface area contributed by atoms with Gasteiger partial charge in [0.05, 0.1) is 34.4 Å². The Morgan fingerprint density at radius 3 is 2.51 bits per heavy atom. The van der Waals surface area contributed by atoms with E-state index in [1.807, 2.05) is 70.3 Å². The molecule has 4 heterocycles. The number of hydrogen-bond donors (Lipinski definition) is 1. The second-order valence-electron chi connectivity index (χ2n) is 11.6. The van der Waals surface area contributed by atoms with E-state index in [0.29, 0.717) is 60.4 Å². The molecule has 2 aliphatic heterocycles. The molecule has 0 unspecified atom stereocenters. The van der Waals surface area contributed by atoms with Gasteiger partial charge in [-0.05, 0) is 54.1 Å². The molecule has 0 aliphatic carbocycles. The number of allylic oxidation sites excluding steroid dienone is 1. The van der Waals surface area contributed by atoms with Gasteiger partial charge in [-0.3, -0.25) is 14.6 Å². The fourth-order valence-electron chi connectivity index (χ4n) is 6.33. The zero-order chi connectivity index (χ0) is 31.1. The van der Waals surface area contributed by atoms with Gasteiger partial charge < -0.3 is 14.7 Å². The molecule has 9 heteroatoms. The zero-order valence-corrected chi connectivity index (χ0v) is 24.5. The summed E-state index contributed by atoms with van der Waals surface area (Å²) in [4.78, 5) is 44.3. The van der Waals surface area contributed by atoms with Crippen molar-refractivity contribution in [3.63, 3.8) is 0 Å². The van der Waals surface area contributed by atoms with E-state index in [1.165, 1.54) is 12.3 Å². The summed E-state index contributed by atoms with van der Waals surface area (Å²) in [5.74, 6) is -0.651. The minimum Gasteiger partial charge on any atom is -0.486 e. The minimum atomic E-state index is -1.06. The van der Waals surface area contributed by atoms with Crippen LogP contribution in [0.25, 0.3) is 27.7 Å². The number of aromatic carboxylic acids is 1. The number of piperidine rings is 1. The van der Waals surface area contributed by atoms with Crippen molar-refractivity contribution in [3.05, 3.63) is 120 Å². The van der Waals surface area contributed by atoms with E-state index in [2.05, 4.69) is 11.6 Å². The number of rotatable bonds is 6. The van der Waals surface area contributed by atoms with E-state index in [-0.39, 0.29) is 23.7 Å². The predicted molar refractivity (Wildman–Crippen MR) is 169 cm³/mol. The van der Waals surface area contributed by atoms with Gasteiger partial charge in [0, 0.05) is 61.3 Å². The third-order valence-corrected chi connectivity index (χ3v) is 8.71. The summed E-state index contributed by atoms with van der Waals surface area (Å²) >= 11 is 0. The van der Waals surface area contributed by atoms with Crippen LogP contribution in [0, 0.1) is 0 Å². The molecule has 1 N–H and O–H groups in total. The Morgan fingerprint density at radius 1 is 0.956 bits per heavy atom. The largest absolute Gasteiger partial charge is 0.486 e. The fourth-order valence-corrected chi connectivity index (χ4v) is 6.33. The molecular formula is C36H30N4O5. The van der Waals surface area contributed by atoms with Crippen molar-refractivity contribution in [2.24, 2.45) is 0 Å². The number of ether oxygens (including phenoxy) is 1. The minimum absolute atomic E-state index is 0.0316. The molecule has 2 aromatic heterocycles. The van der Waals surface area contributed by atoms with Crippen LogP contribution in [0.2, 0.25) is 0 Å². The first-order valence-electron chi connectivity index (χ1n) is 14.9. The molecule has 1 amide bonds. The van der Waals surface area contributed by atoms with Gasteiger partial charge in [-0.1, -0.05) is 30.3 Å². The van der Waals surface area contributed by atoms with Gasteiger partial charge in [-0.15, -0.1) is 6.58 Å². The Bertz CT molecular complexity index is 1990. The monoisotopic (exact) mass is 598 g/mol. The lowest BCUT2D eigenvalue weighted by atomic mass is 9.82. The van der Waals surface area contributed by atoms with E-state index in [9.17, 15) is 19.5 Å². The molecular weight excluding hydrogens is 568 g/mol. The number of para-hydroxylation sites is 1. The topological polar surface area (TPSA) is 115 Å². The molecule has 1 spiro atoms. The summed E-state index contributed by atoms with van der Waals surface area (Å²) in [6, 6.07) is 22.5. The number of Topliss-reactive ketones (excluding diaryl/α,β-unsaturated/α-hetero) is 1. The highest BCUT2D eigenvalue weighted by Gasteiger charge is 2.44. The molecule has 7 rings (SSSR count). The van der Waals surface area contributed by atoms with Gasteiger partial charge in [0.1, 0.15) is 11.4 Å². The van der Waals surface area contributed by atoms with E-state index in [1.54, 1.807) is 18.3 Å². The lowest BCUT2D eigenvalue weighted by molar-refractivity contribution is -0.00571. The number of pyridine rings is 1. The van der Waals surface area contributed by atoms with Crippen molar-refractivity contribution in [3.8, 4) is 22.6 Å². The summed E-state index contributed by atoms with van der Waals surface area (Å²) in [6.07, 6.45) is 6.54. The zero-order valence-electron chi connectivity index (χ0n) is 24.5. The first-order valence-corrected chi connectivity index (χ1v) is 14.9. The first-order chi connectivity index (χ1) is 21.8. The summed E-state index contributed by atoms with van der Waals surface area (Å²) in [5.41, 5.74) is 4.50. The fraction of sp³-hybridized carbons (Fsp3) is 0.194. The molecule has 5 aromatic rings. The van der Waals surface area contributed by atoms with E-state index < -0.39 is 11.6 Å². The number of nitrogens with zero attached hydrogens (tertiary/aromatic N) is 4. The Hall–Kier alpha value is -5.57. The smallest absolute Gasteiger partial charge is 0.337 e. The van der Waals surface area contributed by atoms with Crippen molar-refractivity contribution in [2.75, 3.05) is 13.1 Å². The van der Waals surface area contributed by atoms with Gasteiger partial charge in [-0.25, -0.2) is 9.48 Å². The number of amides is 1. The van der Waals surface area contributed by atoms with Crippen LogP contribution in [0.5, 0.6) is 5.75 Å². The molecule has 45 heavy (non-hydrogen) atoms. The number of carboxylic acid groups (broad SMARTS) is 1. The molecule has 2 aliphatic rings. The van der Waals surface area contributed by atoms with Crippen molar-refractivity contribution < 1.29 is 24.2 Å². The second-order valence-corrected chi connectivity index (χ2v) is 11.6. The van der Waals surface area contributed by atoms with Gasteiger partial charge in [0.15, 0.2) is 5.78 Å². The highest BCUT2D eigenvalue weighted by molar-refractivity contribution is 6.02. The summed E-state index contributed by atoms with van der Waals surface area (Å²) < 4.78 is 8.37. The molecule has 0 radical (unpaired) electrons. The highest BCUT2D eigenvalue weighted by Crippen LogP contribution is 2.41. The number of ketones is 1. The summed E-state index contributed by atoms with van der Waals surface area (Å²) in [5, 5.41) is 15.1. The number of carbonyl (C=O) groups excluding carboxylic acids is 2. The maximum Gasteiger partial charge on any atom is 0.337 e. The number of hydrogen-bond acceptors (Lipinski definition) is 6. The first kappa shape index (κ1) is 28.2. The SMILES string of the molecule is C=CCc1nn(-c2ccccc2)c2ccc(C(=O)N3CCC4(CC3)CC(=O)c3cc(-c5cncc(C(=O)O)c5)ccc3O4)cc12. The molecule has 1 fully saturated rings. The third-order valence-electron chi connectivity index (χ3n) is 8.71. The van der Waals surface area contributed by atoms with Crippen LogP contribution >= 0.6 is 0 Å². The molecule has 1 saturated heterocycles. The Morgan fingerprint density at radius 2 is 1.76 bits per heavy atom. The van der Waals surface area contributed by atoms with Gasteiger partial charge >= 0.3 is 5.97 Å². The van der Waals surface area contributed by atoms with E-state index >= 15 is 0 Å². The number of fused-ring (bicyclic) bond motifs is 2. The summed E-state index contributed by atoms with van der Waals surface area (Å²) in [7, 11) is 0. The van der Waals surface area contributed by atoms with E-state index in [4.69, 9.17) is 9.84 Å². The lowest BCUT2D eigenvalue weighted by Crippen LogP contribution is -2.52. The van der Waals surface area contributed by atoms with Crippen LogP contribution in [0.1, 0.15) is 56.0 Å².